The Bertz CT molecular complexity index is 282. The summed E-state index contributed by atoms with van der Waals surface area (Å²) < 4.78 is 0. The zero-order valence-electron chi connectivity index (χ0n) is 8.50. The van der Waals surface area contributed by atoms with Crippen LogP contribution in [0.2, 0.25) is 0 Å². The first kappa shape index (κ1) is 10.4. The van der Waals surface area contributed by atoms with Gasteiger partial charge in [-0.1, -0.05) is 24.3 Å². The first-order valence-corrected chi connectivity index (χ1v) is 5.38. The lowest BCUT2D eigenvalue weighted by molar-refractivity contribution is 1.18. The smallest absolute Gasteiger partial charge is 0.0243 e. The van der Waals surface area contributed by atoms with Gasteiger partial charge in [0.15, 0.2) is 0 Å². The third-order valence-corrected chi connectivity index (χ3v) is 3.49. The summed E-state index contributed by atoms with van der Waals surface area (Å²) in [5.41, 5.74) is 2.72. The van der Waals surface area contributed by atoms with Crippen LogP contribution in [0.5, 0.6) is 0 Å². The quantitative estimate of drug-likeness (QED) is 0.516. The van der Waals surface area contributed by atoms with Gasteiger partial charge in [-0.25, -0.2) is 0 Å². The van der Waals surface area contributed by atoms with Crippen LogP contribution in [0.15, 0.2) is 35.7 Å². The maximum Gasteiger partial charge on any atom is 0.0243 e. The lowest BCUT2D eigenvalue weighted by Crippen LogP contribution is -1.92. The minimum absolute atomic E-state index is 0.486. The fraction of sp³-hybridized carbons (Fsp3) is 0.333. The van der Waals surface area contributed by atoms with Crippen LogP contribution in [-0.4, -0.2) is 5.25 Å². The van der Waals surface area contributed by atoms with Crippen molar-refractivity contribution in [3.05, 3.63) is 42.0 Å². The molecule has 0 heterocycles. The molecule has 0 aliphatic heterocycles. The van der Waals surface area contributed by atoms with Crippen molar-refractivity contribution in [2.75, 3.05) is 0 Å². The molecule has 0 saturated heterocycles. The molecular weight excluding hydrogens is 176 g/mol. The Labute approximate surface area is 85.1 Å². The van der Waals surface area contributed by atoms with Gasteiger partial charge in [-0.15, -0.1) is 18.3 Å². The average Bonchev–Trinajstić information content (AvgIpc) is 2.11. The molecule has 0 spiro atoms. The molecule has 0 bridgehead atoms. The predicted octanol–water partition coefficient (Wildman–Crippen LogP) is 3.97. The summed E-state index contributed by atoms with van der Waals surface area (Å²) >= 11 is 1.88. The molecule has 0 aliphatic rings. The minimum atomic E-state index is 0.486. The monoisotopic (exact) mass is 192 g/mol. The topological polar surface area (TPSA) is 0 Å². The molecule has 1 rings (SSSR count). The largest absolute Gasteiger partial charge is 0.118 e. The van der Waals surface area contributed by atoms with Crippen molar-refractivity contribution in [1.29, 1.82) is 0 Å². The lowest BCUT2D eigenvalue weighted by Gasteiger charge is -2.11. The van der Waals surface area contributed by atoms with Crippen LogP contribution in [0, 0.1) is 13.8 Å². The highest BCUT2D eigenvalue weighted by molar-refractivity contribution is 8.00. The normalized spacial score (nSPS) is 12.5. The first-order valence-electron chi connectivity index (χ1n) is 4.50. The van der Waals surface area contributed by atoms with Crippen molar-refractivity contribution in [3.63, 3.8) is 0 Å². The van der Waals surface area contributed by atoms with Gasteiger partial charge < -0.3 is 0 Å². The van der Waals surface area contributed by atoms with Gasteiger partial charge in [0, 0.05) is 10.1 Å². The molecule has 0 N–H and O–H groups in total. The molecule has 70 valence electrons. The van der Waals surface area contributed by atoms with Gasteiger partial charge in [-0.2, -0.15) is 0 Å². The minimum Gasteiger partial charge on any atom is -0.118 e. The Morgan fingerprint density at radius 2 is 1.85 bits per heavy atom. The molecule has 0 aliphatic carbocycles. The molecule has 1 heteroatoms. The van der Waals surface area contributed by atoms with E-state index >= 15 is 0 Å². The highest BCUT2D eigenvalue weighted by Crippen LogP contribution is 2.29. The summed E-state index contributed by atoms with van der Waals surface area (Å²) in [6, 6.07) is 6.42. The van der Waals surface area contributed by atoms with E-state index in [0.29, 0.717) is 5.25 Å². The highest BCUT2D eigenvalue weighted by atomic mass is 32.2. The Balaban J connectivity index is 2.93. The molecule has 0 aromatic heterocycles. The van der Waals surface area contributed by atoms with Gasteiger partial charge in [-0.3, -0.25) is 0 Å². The third-order valence-electron chi connectivity index (χ3n) is 2.04. The molecule has 0 fully saturated rings. The summed E-state index contributed by atoms with van der Waals surface area (Å²) in [5.74, 6) is 0. The molecule has 13 heavy (non-hydrogen) atoms. The third kappa shape index (κ3) is 2.63. The average molecular weight is 192 g/mol. The van der Waals surface area contributed by atoms with Crippen molar-refractivity contribution in [2.45, 2.75) is 30.9 Å². The van der Waals surface area contributed by atoms with Crippen LogP contribution in [0.1, 0.15) is 18.1 Å². The molecule has 0 amide bonds. The molecule has 0 nitrogen and oxygen atoms in total. The number of hydrogen-bond donors (Lipinski definition) is 0. The van der Waals surface area contributed by atoms with E-state index in [1.54, 1.807) is 0 Å². The van der Waals surface area contributed by atoms with E-state index in [9.17, 15) is 0 Å². The van der Waals surface area contributed by atoms with E-state index in [1.807, 2.05) is 17.8 Å². The van der Waals surface area contributed by atoms with Crippen LogP contribution in [0.4, 0.5) is 0 Å². The fourth-order valence-corrected chi connectivity index (χ4v) is 2.19. The van der Waals surface area contributed by atoms with E-state index in [0.717, 1.165) is 0 Å². The number of thioether (sulfide) groups is 1. The van der Waals surface area contributed by atoms with Crippen LogP contribution in [0.25, 0.3) is 0 Å². The van der Waals surface area contributed by atoms with Crippen LogP contribution in [0.3, 0.4) is 0 Å². The molecule has 1 aromatic rings. The maximum atomic E-state index is 3.80. The van der Waals surface area contributed by atoms with Gasteiger partial charge in [0.1, 0.15) is 0 Å². The Kier molecular flexibility index (Phi) is 3.61. The van der Waals surface area contributed by atoms with Crippen LogP contribution >= 0.6 is 11.8 Å². The van der Waals surface area contributed by atoms with Crippen LogP contribution < -0.4 is 0 Å². The van der Waals surface area contributed by atoms with E-state index in [4.69, 9.17) is 0 Å². The molecule has 1 aromatic carbocycles. The van der Waals surface area contributed by atoms with Crippen molar-refractivity contribution >= 4 is 11.8 Å². The number of benzene rings is 1. The second-order valence-electron chi connectivity index (χ2n) is 3.28. The second kappa shape index (κ2) is 4.52. The molecule has 1 atom stereocenters. The summed E-state index contributed by atoms with van der Waals surface area (Å²) in [7, 11) is 0. The van der Waals surface area contributed by atoms with Gasteiger partial charge in [0.2, 0.25) is 0 Å². The van der Waals surface area contributed by atoms with Crippen LogP contribution in [-0.2, 0) is 0 Å². The lowest BCUT2D eigenvalue weighted by atomic mass is 10.2. The predicted molar refractivity (Wildman–Crippen MR) is 61.4 cm³/mol. The standard InChI is InChI=1S/C12H16S/c1-5-11(4)13-12-9(2)7-6-8-10(12)3/h5-8,11H,1H2,2-4H3. The first-order chi connectivity index (χ1) is 6.15. The van der Waals surface area contributed by atoms with E-state index in [-0.39, 0.29) is 0 Å². The van der Waals surface area contributed by atoms with Crippen molar-refractivity contribution < 1.29 is 0 Å². The summed E-state index contributed by atoms with van der Waals surface area (Å²) in [6.07, 6.45) is 1.98. The SMILES string of the molecule is C=CC(C)Sc1c(C)cccc1C. The van der Waals surface area contributed by atoms with E-state index in [2.05, 4.69) is 45.5 Å². The van der Waals surface area contributed by atoms with Gasteiger partial charge in [0.25, 0.3) is 0 Å². The Hall–Kier alpha value is -0.690. The molecule has 0 saturated carbocycles. The Morgan fingerprint density at radius 3 is 2.31 bits per heavy atom. The van der Waals surface area contributed by atoms with E-state index < -0.39 is 0 Å². The summed E-state index contributed by atoms with van der Waals surface area (Å²) in [6.45, 7) is 10.3. The zero-order chi connectivity index (χ0) is 9.84. The summed E-state index contributed by atoms with van der Waals surface area (Å²) in [5, 5.41) is 0.486. The van der Waals surface area contributed by atoms with E-state index in [1.165, 1.54) is 16.0 Å². The zero-order valence-corrected chi connectivity index (χ0v) is 9.32. The number of aryl methyl sites for hydroxylation is 2. The van der Waals surface area contributed by atoms with Gasteiger partial charge in [0.05, 0.1) is 0 Å². The number of rotatable bonds is 3. The summed E-state index contributed by atoms with van der Waals surface area (Å²) in [4.78, 5) is 1.40. The van der Waals surface area contributed by atoms with Gasteiger partial charge in [-0.05, 0) is 31.9 Å². The molecule has 0 radical (unpaired) electrons. The maximum absolute atomic E-state index is 3.80. The molecular formula is C12H16S. The fourth-order valence-electron chi connectivity index (χ4n) is 1.22. The number of hydrogen-bond acceptors (Lipinski definition) is 1. The highest BCUT2D eigenvalue weighted by Gasteiger charge is 2.05. The Morgan fingerprint density at radius 1 is 1.31 bits per heavy atom. The van der Waals surface area contributed by atoms with Crippen molar-refractivity contribution in [1.82, 2.24) is 0 Å². The van der Waals surface area contributed by atoms with Gasteiger partial charge >= 0.3 is 0 Å². The van der Waals surface area contributed by atoms with Crippen molar-refractivity contribution in [2.24, 2.45) is 0 Å². The second-order valence-corrected chi connectivity index (χ2v) is 4.67. The molecule has 1 unspecified atom stereocenters. The van der Waals surface area contributed by atoms with Crippen molar-refractivity contribution in [3.8, 4) is 0 Å².